The molecular formula is C16H19F2NO2. The number of likely N-dealkylation sites (N-methyl/N-ethyl adjacent to an activating group) is 1. The van der Waals surface area contributed by atoms with Gasteiger partial charge in [-0.25, -0.2) is 8.78 Å². The van der Waals surface area contributed by atoms with E-state index in [0.29, 0.717) is 12.8 Å². The van der Waals surface area contributed by atoms with E-state index in [1.807, 2.05) is 0 Å². The van der Waals surface area contributed by atoms with Crippen molar-refractivity contribution < 1.29 is 18.7 Å². The summed E-state index contributed by atoms with van der Waals surface area (Å²) in [6.07, 6.45) is 5.51. The Labute approximate surface area is 122 Å². The molecule has 1 aromatic carbocycles. The van der Waals surface area contributed by atoms with Crippen LogP contribution in [0.25, 0.3) is 6.08 Å². The Morgan fingerprint density at radius 3 is 2.48 bits per heavy atom. The van der Waals surface area contributed by atoms with E-state index in [4.69, 9.17) is 0 Å². The summed E-state index contributed by atoms with van der Waals surface area (Å²) < 4.78 is 26.9. The number of rotatable bonds is 4. The van der Waals surface area contributed by atoms with E-state index < -0.39 is 23.1 Å². The summed E-state index contributed by atoms with van der Waals surface area (Å²) in [5.41, 5.74) is -1.07. The van der Waals surface area contributed by atoms with Gasteiger partial charge in [-0.3, -0.25) is 4.79 Å². The minimum Gasteiger partial charge on any atom is -0.388 e. The zero-order valence-electron chi connectivity index (χ0n) is 12.0. The largest absolute Gasteiger partial charge is 0.388 e. The molecule has 0 saturated heterocycles. The molecule has 0 unspecified atom stereocenters. The van der Waals surface area contributed by atoms with Crippen molar-refractivity contribution in [2.24, 2.45) is 0 Å². The molecule has 5 heteroatoms. The normalized spacial score (nSPS) is 17.3. The van der Waals surface area contributed by atoms with Gasteiger partial charge in [0.1, 0.15) is 11.6 Å². The van der Waals surface area contributed by atoms with Crippen LogP contribution in [0.15, 0.2) is 24.3 Å². The third kappa shape index (κ3) is 3.88. The van der Waals surface area contributed by atoms with E-state index in [9.17, 15) is 18.7 Å². The van der Waals surface area contributed by atoms with Crippen LogP contribution >= 0.6 is 0 Å². The fraction of sp³-hybridized carbons (Fsp3) is 0.438. The van der Waals surface area contributed by atoms with E-state index in [2.05, 4.69) is 0 Å². The van der Waals surface area contributed by atoms with E-state index in [0.717, 1.165) is 37.1 Å². The average Bonchev–Trinajstić information content (AvgIpc) is 2.84. The molecule has 1 aliphatic carbocycles. The maximum Gasteiger partial charge on any atom is 0.246 e. The topological polar surface area (TPSA) is 40.5 Å². The minimum atomic E-state index is -0.832. The highest BCUT2D eigenvalue weighted by atomic mass is 19.1. The fourth-order valence-corrected chi connectivity index (χ4v) is 2.66. The van der Waals surface area contributed by atoms with Gasteiger partial charge in [0.05, 0.1) is 5.60 Å². The van der Waals surface area contributed by atoms with Crippen LogP contribution in [0.1, 0.15) is 31.2 Å². The number of amides is 1. The van der Waals surface area contributed by atoms with Crippen LogP contribution < -0.4 is 0 Å². The summed E-state index contributed by atoms with van der Waals surface area (Å²) in [5.74, 6) is -1.81. The maximum atomic E-state index is 13.4. The van der Waals surface area contributed by atoms with Crippen LogP contribution in [0.5, 0.6) is 0 Å². The van der Waals surface area contributed by atoms with Crippen molar-refractivity contribution in [2.75, 3.05) is 13.6 Å². The fourth-order valence-electron chi connectivity index (χ4n) is 2.66. The lowest BCUT2D eigenvalue weighted by atomic mass is 10.0. The standard InChI is InChI=1S/C16H19F2NO2/c1-19(11-16(21)9-2-3-10-16)15(20)8-7-12-13(17)5-4-6-14(12)18/h4-8,21H,2-3,9-11H2,1H3/b8-7+. The Bertz CT molecular complexity index is 531. The molecule has 0 atom stereocenters. The Morgan fingerprint density at radius 1 is 1.33 bits per heavy atom. The lowest BCUT2D eigenvalue weighted by Crippen LogP contribution is -2.41. The zero-order chi connectivity index (χ0) is 15.5. The first-order valence-electron chi connectivity index (χ1n) is 7.01. The third-order valence-electron chi connectivity index (χ3n) is 3.83. The maximum absolute atomic E-state index is 13.4. The van der Waals surface area contributed by atoms with Gasteiger partial charge in [-0.1, -0.05) is 18.9 Å². The highest BCUT2D eigenvalue weighted by Crippen LogP contribution is 2.29. The average molecular weight is 295 g/mol. The quantitative estimate of drug-likeness (QED) is 0.868. The van der Waals surface area contributed by atoms with Gasteiger partial charge in [0.25, 0.3) is 0 Å². The SMILES string of the molecule is CN(CC1(O)CCCC1)C(=O)/C=C/c1c(F)cccc1F. The van der Waals surface area contributed by atoms with Gasteiger partial charge < -0.3 is 10.0 Å². The monoisotopic (exact) mass is 295 g/mol. The molecule has 3 nitrogen and oxygen atoms in total. The summed E-state index contributed by atoms with van der Waals surface area (Å²) in [6.45, 7) is 0.232. The number of aliphatic hydroxyl groups is 1. The molecule has 1 amide bonds. The van der Waals surface area contributed by atoms with Gasteiger partial charge in [0.15, 0.2) is 0 Å². The van der Waals surface area contributed by atoms with E-state index in [1.54, 1.807) is 7.05 Å². The van der Waals surface area contributed by atoms with Gasteiger partial charge in [-0.15, -0.1) is 0 Å². The molecule has 0 bridgehead atoms. The predicted molar refractivity (Wildman–Crippen MR) is 76.4 cm³/mol. The molecule has 0 spiro atoms. The first-order chi connectivity index (χ1) is 9.91. The highest BCUT2D eigenvalue weighted by Gasteiger charge is 2.33. The number of carbonyl (C=O) groups excluding carboxylic acids is 1. The van der Waals surface area contributed by atoms with Crippen LogP contribution in [0.3, 0.4) is 0 Å². The van der Waals surface area contributed by atoms with Crippen molar-refractivity contribution in [2.45, 2.75) is 31.3 Å². The van der Waals surface area contributed by atoms with Crippen LogP contribution in [0.4, 0.5) is 8.78 Å². The number of nitrogens with zero attached hydrogens (tertiary/aromatic N) is 1. The molecule has 1 aliphatic rings. The molecule has 1 aromatic rings. The highest BCUT2D eigenvalue weighted by molar-refractivity contribution is 5.91. The summed E-state index contributed by atoms with van der Waals surface area (Å²) in [4.78, 5) is 13.3. The van der Waals surface area contributed by atoms with Crippen LogP contribution in [0, 0.1) is 11.6 Å². The number of hydrogen-bond donors (Lipinski definition) is 1. The van der Waals surface area contributed by atoms with Gasteiger partial charge in [0.2, 0.25) is 5.91 Å². The van der Waals surface area contributed by atoms with Gasteiger partial charge >= 0.3 is 0 Å². The number of carbonyl (C=O) groups is 1. The minimum absolute atomic E-state index is 0.232. The molecule has 1 N–H and O–H groups in total. The van der Waals surface area contributed by atoms with E-state index in [-0.39, 0.29) is 12.1 Å². The van der Waals surface area contributed by atoms with Crippen molar-refractivity contribution in [3.63, 3.8) is 0 Å². The van der Waals surface area contributed by atoms with Crippen molar-refractivity contribution in [3.8, 4) is 0 Å². The smallest absolute Gasteiger partial charge is 0.246 e. The van der Waals surface area contributed by atoms with Gasteiger partial charge in [-0.05, 0) is 31.1 Å². The van der Waals surface area contributed by atoms with E-state index >= 15 is 0 Å². The Morgan fingerprint density at radius 2 is 1.90 bits per heavy atom. The van der Waals surface area contributed by atoms with Crippen molar-refractivity contribution in [3.05, 3.63) is 41.5 Å². The van der Waals surface area contributed by atoms with E-state index in [1.165, 1.54) is 11.0 Å². The number of hydrogen-bond acceptors (Lipinski definition) is 2. The van der Waals surface area contributed by atoms with Gasteiger partial charge in [-0.2, -0.15) is 0 Å². The molecule has 1 saturated carbocycles. The first kappa shape index (κ1) is 15.6. The summed E-state index contributed by atoms with van der Waals surface area (Å²) in [5, 5.41) is 10.2. The predicted octanol–water partition coefficient (Wildman–Crippen LogP) is 2.74. The number of halogens is 2. The van der Waals surface area contributed by atoms with Gasteiger partial charge in [0, 0.05) is 25.2 Å². The molecule has 0 heterocycles. The second kappa shape index (κ2) is 6.35. The van der Waals surface area contributed by atoms with Crippen LogP contribution in [-0.2, 0) is 4.79 Å². The summed E-state index contributed by atoms with van der Waals surface area (Å²) >= 11 is 0. The lowest BCUT2D eigenvalue weighted by Gasteiger charge is -2.27. The molecule has 0 aliphatic heterocycles. The molecule has 21 heavy (non-hydrogen) atoms. The Hall–Kier alpha value is -1.75. The van der Waals surface area contributed by atoms with Crippen LogP contribution in [0.2, 0.25) is 0 Å². The number of benzene rings is 1. The molecule has 1 fully saturated rings. The zero-order valence-corrected chi connectivity index (χ0v) is 12.0. The second-order valence-electron chi connectivity index (χ2n) is 5.59. The van der Waals surface area contributed by atoms with Crippen molar-refractivity contribution >= 4 is 12.0 Å². The third-order valence-corrected chi connectivity index (χ3v) is 3.83. The molecule has 0 radical (unpaired) electrons. The van der Waals surface area contributed by atoms with Crippen molar-refractivity contribution in [1.82, 2.24) is 4.90 Å². The second-order valence-corrected chi connectivity index (χ2v) is 5.59. The molecule has 114 valence electrons. The Kier molecular flexibility index (Phi) is 4.73. The summed E-state index contributed by atoms with van der Waals surface area (Å²) in [7, 11) is 1.57. The summed E-state index contributed by atoms with van der Waals surface area (Å²) in [6, 6.07) is 3.54. The lowest BCUT2D eigenvalue weighted by molar-refractivity contribution is -0.127. The van der Waals surface area contributed by atoms with Crippen molar-refractivity contribution in [1.29, 1.82) is 0 Å². The molecular weight excluding hydrogens is 276 g/mol. The van der Waals surface area contributed by atoms with Crippen LogP contribution in [-0.4, -0.2) is 35.1 Å². The molecule has 2 rings (SSSR count). The Balaban J connectivity index is 2.02. The molecule has 0 aromatic heterocycles. The first-order valence-corrected chi connectivity index (χ1v) is 7.01.